The molecule has 5 nitrogen and oxygen atoms in total. The van der Waals surface area contributed by atoms with Crippen molar-refractivity contribution in [2.45, 2.75) is 32.7 Å². The summed E-state index contributed by atoms with van der Waals surface area (Å²) in [5, 5.41) is 0. The van der Waals surface area contributed by atoms with Crippen molar-refractivity contribution in [3.05, 3.63) is 83.0 Å². The van der Waals surface area contributed by atoms with Crippen molar-refractivity contribution in [3.63, 3.8) is 0 Å². The van der Waals surface area contributed by atoms with Gasteiger partial charge in [-0.05, 0) is 62.6 Å². The first kappa shape index (κ1) is 21.7. The second kappa shape index (κ2) is 8.94. The number of aromatic nitrogens is 2. The lowest BCUT2D eigenvalue weighted by Crippen LogP contribution is -2.39. The van der Waals surface area contributed by atoms with E-state index in [0.29, 0.717) is 24.3 Å². The lowest BCUT2D eigenvalue weighted by atomic mass is 9.97. The van der Waals surface area contributed by atoms with Gasteiger partial charge in [-0.15, -0.1) is 0 Å². The number of halogens is 2. The molecule has 2 aromatic carbocycles. The van der Waals surface area contributed by atoms with Crippen molar-refractivity contribution >= 4 is 12.0 Å². The van der Waals surface area contributed by atoms with Gasteiger partial charge in [-0.1, -0.05) is 12.1 Å². The number of carbonyl (C=O) groups is 1. The van der Waals surface area contributed by atoms with E-state index in [0.717, 1.165) is 23.4 Å². The SMILES string of the molecule is COc1cc(/C=C2\CCCN(C(C)c3c(F)cccc3F)C2=O)ccc1-n1cnc(C)c1. The summed E-state index contributed by atoms with van der Waals surface area (Å²) in [6.07, 6.45) is 6.78. The molecular formula is C25H25F2N3O2. The number of aryl methyl sites for hydroxylation is 1. The highest BCUT2D eigenvalue weighted by Gasteiger charge is 2.30. The zero-order chi connectivity index (χ0) is 22.8. The van der Waals surface area contributed by atoms with E-state index in [9.17, 15) is 13.6 Å². The largest absolute Gasteiger partial charge is 0.495 e. The standard InChI is InChI=1S/C25H25F2N3O2/c1-16-14-29(15-28-16)22-10-9-18(13-23(22)32-3)12-19-6-5-11-30(25(19)31)17(2)24-20(26)7-4-8-21(24)27/h4,7-10,12-15,17H,5-6,11H2,1-3H3/b19-12+. The van der Waals surface area contributed by atoms with Crippen molar-refractivity contribution in [2.24, 2.45) is 0 Å². The number of ether oxygens (including phenoxy) is 1. The monoisotopic (exact) mass is 437 g/mol. The van der Waals surface area contributed by atoms with Gasteiger partial charge < -0.3 is 14.2 Å². The Morgan fingerprint density at radius 2 is 1.94 bits per heavy atom. The summed E-state index contributed by atoms with van der Waals surface area (Å²) in [5.41, 5.74) is 3.08. The first-order chi connectivity index (χ1) is 15.4. The molecule has 0 spiro atoms. The van der Waals surface area contributed by atoms with Crippen molar-refractivity contribution in [1.82, 2.24) is 14.5 Å². The van der Waals surface area contributed by atoms with Crippen LogP contribution < -0.4 is 4.74 Å². The van der Waals surface area contributed by atoms with Crippen molar-refractivity contribution < 1.29 is 18.3 Å². The maximum Gasteiger partial charge on any atom is 0.250 e. The molecular weight excluding hydrogens is 412 g/mol. The third-order valence-electron chi connectivity index (χ3n) is 5.80. The average molecular weight is 437 g/mol. The third-order valence-corrected chi connectivity index (χ3v) is 5.80. The van der Waals surface area contributed by atoms with Gasteiger partial charge in [0.2, 0.25) is 5.91 Å². The van der Waals surface area contributed by atoms with Crippen LogP contribution in [-0.4, -0.2) is 34.0 Å². The van der Waals surface area contributed by atoms with Crippen LogP contribution in [0.4, 0.5) is 8.78 Å². The minimum absolute atomic E-state index is 0.0799. The summed E-state index contributed by atoms with van der Waals surface area (Å²) < 4.78 is 36.0. The van der Waals surface area contributed by atoms with Gasteiger partial charge >= 0.3 is 0 Å². The number of imidazole rings is 1. The molecule has 4 rings (SSSR count). The Morgan fingerprint density at radius 3 is 2.59 bits per heavy atom. The molecule has 1 aliphatic rings. The van der Waals surface area contributed by atoms with Gasteiger partial charge in [0.1, 0.15) is 17.4 Å². The van der Waals surface area contributed by atoms with Crippen LogP contribution in [0.3, 0.4) is 0 Å². The highest BCUT2D eigenvalue weighted by atomic mass is 19.1. The van der Waals surface area contributed by atoms with E-state index in [1.54, 1.807) is 20.4 Å². The van der Waals surface area contributed by atoms with Crippen molar-refractivity contribution in [1.29, 1.82) is 0 Å². The van der Waals surface area contributed by atoms with Crippen LogP contribution in [0.2, 0.25) is 0 Å². The lowest BCUT2D eigenvalue weighted by Gasteiger charge is -2.34. The van der Waals surface area contributed by atoms with Gasteiger partial charge in [-0.25, -0.2) is 13.8 Å². The Labute approximate surface area is 186 Å². The summed E-state index contributed by atoms with van der Waals surface area (Å²) in [4.78, 5) is 19.0. The molecule has 0 bridgehead atoms. The van der Waals surface area contributed by atoms with E-state index in [-0.39, 0.29) is 11.5 Å². The first-order valence-electron chi connectivity index (χ1n) is 10.5. The molecule has 1 atom stereocenters. The fourth-order valence-electron chi connectivity index (χ4n) is 4.15. The summed E-state index contributed by atoms with van der Waals surface area (Å²) >= 11 is 0. The van der Waals surface area contributed by atoms with Crippen LogP contribution >= 0.6 is 0 Å². The van der Waals surface area contributed by atoms with Gasteiger partial charge in [-0.3, -0.25) is 4.79 Å². The summed E-state index contributed by atoms with van der Waals surface area (Å²) in [7, 11) is 1.59. The Morgan fingerprint density at radius 1 is 1.19 bits per heavy atom. The molecule has 0 aliphatic carbocycles. The minimum atomic E-state index is -0.700. The highest BCUT2D eigenvalue weighted by molar-refractivity contribution is 5.98. The molecule has 1 unspecified atom stereocenters. The van der Waals surface area contributed by atoms with E-state index in [1.807, 2.05) is 42.0 Å². The highest BCUT2D eigenvalue weighted by Crippen LogP contribution is 2.32. The molecule has 2 heterocycles. The van der Waals surface area contributed by atoms with Gasteiger partial charge in [-0.2, -0.15) is 0 Å². The average Bonchev–Trinajstić information content (AvgIpc) is 3.21. The van der Waals surface area contributed by atoms with Crippen LogP contribution in [0.25, 0.3) is 11.8 Å². The zero-order valence-electron chi connectivity index (χ0n) is 18.3. The summed E-state index contributed by atoms with van der Waals surface area (Å²) in [5.74, 6) is -0.841. The van der Waals surface area contributed by atoms with E-state index in [1.165, 1.54) is 23.1 Å². The molecule has 1 aliphatic heterocycles. The van der Waals surface area contributed by atoms with Gasteiger partial charge in [0, 0.05) is 23.9 Å². The number of hydrogen-bond acceptors (Lipinski definition) is 3. The number of piperidine rings is 1. The Kier molecular flexibility index (Phi) is 6.08. The van der Waals surface area contributed by atoms with Crippen LogP contribution in [0.15, 0.2) is 54.5 Å². The molecule has 1 saturated heterocycles. The predicted octanol–water partition coefficient (Wildman–Crippen LogP) is 5.23. The maximum absolute atomic E-state index is 14.3. The van der Waals surface area contributed by atoms with E-state index < -0.39 is 17.7 Å². The number of carbonyl (C=O) groups excluding carboxylic acids is 1. The number of methoxy groups -OCH3 is 1. The van der Waals surface area contributed by atoms with E-state index in [4.69, 9.17) is 4.74 Å². The van der Waals surface area contributed by atoms with Crippen molar-refractivity contribution in [2.75, 3.05) is 13.7 Å². The Bertz CT molecular complexity index is 1170. The number of likely N-dealkylation sites (tertiary alicyclic amines) is 1. The third kappa shape index (κ3) is 4.15. The molecule has 166 valence electrons. The number of nitrogens with zero attached hydrogens (tertiary/aromatic N) is 3. The fourth-order valence-corrected chi connectivity index (χ4v) is 4.15. The minimum Gasteiger partial charge on any atom is -0.495 e. The molecule has 3 aromatic rings. The molecule has 7 heteroatoms. The smallest absolute Gasteiger partial charge is 0.250 e. The van der Waals surface area contributed by atoms with Crippen LogP contribution in [0, 0.1) is 18.6 Å². The number of hydrogen-bond donors (Lipinski definition) is 0. The topological polar surface area (TPSA) is 47.4 Å². The van der Waals surface area contributed by atoms with Gasteiger partial charge in [0.15, 0.2) is 0 Å². The number of amides is 1. The van der Waals surface area contributed by atoms with E-state index >= 15 is 0 Å². The summed E-state index contributed by atoms with van der Waals surface area (Å²) in [6, 6.07) is 8.75. The predicted molar refractivity (Wildman–Crippen MR) is 119 cm³/mol. The van der Waals surface area contributed by atoms with Crippen LogP contribution in [0.5, 0.6) is 5.75 Å². The first-order valence-corrected chi connectivity index (χ1v) is 10.5. The molecule has 1 aromatic heterocycles. The van der Waals surface area contributed by atoms with E-state index in [2.05, 4.69) is 4.98 Å². The molecule has 0 radical (unpaired) electrons. The maximum atomic E-state index is 14.3. The van der Waals surface area contributed by atoms with Crippen LogP contribution in [-0.2, 0) is 4.79 Å². The lowest BCUT2D eigenvalue weighted by molar-refractivity contribution is -0.130. The van der Waals surface area contributed by atoms with Gasteiger partial charge in [0.25, 0.3) is 0 Å². The number of rotatable bonds is 5. The molecule has 0 saturated carbocycles. The zero-order valence-corrected chi connectivity index (χ0v) is 18.3. The second-order valence-electron chi connectivity index (χ2n) is 7.94. The van der Waals surface area contributed by atoms with Crippen LogP contribution in [0.1, 0.15) is 42.6 Å². The van der Waals surface area contributed by atoms with Gasteiger partial charge in [0.05, 0.1) is 30.9 Å². The molecule has 1 amide bonds. The summed E-state index contributed by atoms with van der Waals surface area (Å²) in [6.45, 7) is 4.02. The quantitative estimate of drug-likeness (QED) is 0.513. The Hall–Kier alpha value is -3.48. The fraction of sp³-hybridized carbons (Fsp3) is 0.280. The molecule has 1 fully saturated rings. The number of benzene rings is 2. The Balaban J connectivity index is 1.62. The second-order valence-corrected chi connectivity index (χ2v) is 7.94. The van der Waals surface area contributed by atoms with Crippen molar-refractivity contribution in [3.8, 4) is 11.4 Å². The normalized spacial score (nSPS) is 16.5. The molecule has 32 heavy (non-hydrogen) atoms. The molecule has 0 N–H and O–H groups in total.